The highest BCUT2D eigenvalue weighted by Crippen LogP contribution is 2.47. The second-order valence-electron chi connectivity index (χ2n) is 5.56. The van der Waals surface area contributed by atoms with E-state index in [0.717, 1.165) is 25.7 Å². The molecule has 0 bridgehead atoms. The van der Waals surface area contributed by atoms with Crippen molar-refractivity contribution in [1.29, 1.82) is 0 Å². The second kappa shape index (κ2) is 5.07. The van der Waals surface area contributed by atoms with Gasteiger partial charge in [0.25, 0.3) is 0 Å². The van der Waals surface area contributed by atoms with E-state index in [1.807, 2.05) is 20.8 Å². The van der Waals surface area contributed by atoms with Crippen LogP contribution in [0.3, 0.4) is 0 Å². The summed E-state index contributed by atoms with van der Waals surface area (Å²) in [4.78, 5) is 24.5. The Kier molecular flexibility index (Phi) is 4.17. The summed E-state index contributed by atoms with van der Waals surface area (Å²) in [5, 5.41) is 9.65. The fraction of sp³-hybridized carbons (Fsp3) is 0.846. The number of nitrogens with zero attached hydrogens (tertiary/aromatic N) is 1. The smallest absolute Gasteiger partial charge is 0.330 e. The molecule has 0 aromatic heterocycles. The van der Waals surface area contributed by atoms with Crippen LogP contribution in [0.1, 0.15) is 52.9 Å². The molecule has 0 aromatic rings. The fourth-order valence-corrected chi connectivity index (χ4v) is 3.12. The molecular weight excluding hydrogens is 218 g/mol. The van der Waals surface area contributed by atoms with Crippen LogP contribution in [0.5, 0.6) is 0 Å². The summed E-state index contributed by atoms with van der Waals surface area (Å²) in [7, 11) is 0. The molecule has 0 radical (unpaired) electrons. The lowest BCUT2D eigenvalue weighted by molar-refractivity contribution is -0.169. The van der Waals surface area contributed by atoms with Gasteiger partial charge in [-0.25, -0.2) is 4.79 Å². The van der Waals surface area contributed by atoms with Gasteiger partial charge in [-0.15, -0.1) is 0 Å². The Bertz CT molecular complexity index is 301. The molecule has 1 rings (SSSR count). The average molecular weight is 241 g/mol. The third-order valence-corrected chi connectivity index (χ3v) is 4.15. The second-order valence-corrected chi connectivity index (χ2v) is 5.56. The molecule has 0 aliphatic heterocycles. The Morgan fingerprint density at radius 1 is 1.35 bits per heavy atom. The molecule has 4 nitrogen and oxygen atoms in total. The van der Waals surface area contributed by atoms with E-state index in [1.165, 1.54) is 4.90 Å². The van der Waals surface area contributed by atoms with Crippen molar-refractivity contribution in [2.24, 2.45) is 5.41 Å². The number of carboxylic acid groups (broad SMARTS) is 1. The molecule has 1 fully saturated rings. The molecule has 1 aliphatic rings. The van der Waals surface area contributed by atoms with E-state index in [0.29, 0.717) is 19.4 Å². The maximum Gasteiger partial charge on any atom is 0.330 e. The Labute approximate surface area is 103 Å². The van der Waals surface area contributed by atoms with Crippen molar-refractivity contribution < 1.29 is 14.7 Å². The predicted molar refractivity (Wildman–Crippen MR) is 65.7 cm³/mol. The molecule has 1 amide bonds. The molecule has 1 N–H and O–H groups in total. The predicted octanol–water partition coefficient (Wildman–Crippen LogP) is 2.28. The molecule has 1 unspecified atom stereocenters. The minimum absolute atomic E-state index is 0.368. The van der Waals surface area contributed by atoms with Gasteiger partial charge in [-0.1, -0.05) is 33.6 Å². The van der Waals surface area contributed by atoms with Gasteiger partial charge in [-0.2, -0.15) is 0 Å². The maximum atomic E-state index is 11.8. The number of hydrogen-bond donors (Lipinski definition) is 1. The van der Waals surface area contributed by atoms with Crippen LogP contribution in [0.2, 0.25) is 0 Å². The minimum Gasteiger partial charge on any atom is -0.479 e. The van der Waals surface area contributed by atoms with E-state index >= 15 is 0 Å². The lowest BCUT2D eigenvalue weighted by Crippen LogP contribution is -2.64. The Morgan fingerprint density at radius 2 is 1.94 bits per heavy atom. The molecule has 4 heteroatoms. The molecule has 1 saturated carbocycles. The molecule has 98 valence electrons. The highest BCUT2D eigenvalue weighted by Gasteiger charge is 2.56. The van der Waals surface area contributed by atoms with Crippen LogP contribution in [0.25, 0.3) is 0 Å². The molecular formula is C13H23NO3. The summed E-state index contributed by atoms with van der Waals surface area (Å²) in [5.74, 6) is -0.859. The summed E-state index contributed by atoms with van der Waals surface area (Å²) in [6.45, 7) is 6.40. The zero-order valence-corrected chi connectivity index (χ0v) is 11.0. The van der Waals surface area contributed by atoms with Gasteiger partial charge in [0.05, 0.1) is 0 Å². The Morgan fingerprint density at radius 3 is 2.35 bits per heavy atom. The van der Waals surface area contributed by atoms with Crippen molar-refractivity contribution in [3.8, 4) is 0 Å². The van der Waals surface area contributed by atoms with Crippen molar-refractivity contribution >= 4 is 12.4 Å². The zero-order chi connectivity index (χ0) is 13.1. The van der Waals surface area contributed by atoms with Gasteiger partial charge in [0.2, 0.25) is 6.41 Å². The van der Waals surface area contributed by atoms with Gasteiger partial charge >= 0.3 is 5.97 Å². The van der Waals surface area contributed by atoms with Gasteiger partial charge in [0.1, 0.15) is 5.54 Å². The first-order valence-corrected chi connectivity index (χ1v) is 6.38. The topological polar surface area (TPSA) is 57.6 Å². The van der Waals surface area contributed by atoms with Crippen molar-refractivity contribution in [3.63, 3.8) is 0 Å². The molecule has 0 spiro atoms. The molecule has 0 saturated heterocycles. The fourth-order valence-electron chi connectivity index (χ4n) is 3.12. The summed E-state index contributed by atoms with van der Waals surface area (Å²) in [6, 6.07) is 0. The molecule has 1 aliphatic carbocycles. The van der Waals surface area contributed by atoms with Crippen molar-refractivity contribution in [1.82, 2.24) is 4.90 Å². The van der Waals surface area contributed by atoms with E-state index in [2.05, 4.69) is 0 Å². The number of carboxylic acids is 1. The normalized spacial score (nSPS) is 27.5. The van der Waals surface area contributed by atoms with E-state index in [4.69, 9.17) is 0 Å². The first-order chi connectivity index (χ1) is 7.92. The monoisotopic (exact) mass is 241 g/mol. The van der Waals surface area contributed by atoms with Crippen LogP contribution in [0.4, 0.5) is 0 Å². The Hall–Kier alpha value is -1.06. The lowest BCUT2D eigenvalue weighted by Gasteiger charge is -2.51. The van der Waals surface area contributed by atoms with E-state index in [1.54, 1.807) is 0 Å². The van der Waals surface area contributed by atoms with Crippen LogP contribution in [0, 0.1) is 5.41 Å². The van der Waals surface area contributed by atoms with E-state index in [-0.39, 0.29) is 5.41 Å². The molecule has 1 atom stereocenters. The summed E-state index contributed by atoms with van der Waals surface area (Å²) < 4.78 is 0. The average Bonchev–Trinajstić information content (AvgIpc) is 2.25. The quantitative estimate of drug-likeness (QED) is 0.751. The van der Waals surface area contributed by atoms with Gasteiger partial charge in [-0.3, -0.25) is 4.79 Å². The van der Waals surface area contributed by atoms with Crippen LogP contribution in [-0.2, 0) is 9.59 Å². The lowest BCUT2D eigenvalue weighted by atomic mass is 9.62. The van der Waals surface area contributed by atoms with E-state index in [9.17, 15) is 14.7 Å². The van der Waals surface area contributed by atoms with Crippen molar-refractivity contribution in [3.05, 3.63) is 0 Å². The largest absolute Gasteiger partial charge is 0.479 e. The zero-order valence-electron chi connectivity index (χ0n) is 11.0. The number of carbonyl (C=O) groups is 2. The number of amides is 1. The first kappa shape index (κ1) is 14.0. The van der Waals surface area contributed by atoms with Gasteiger partial charge in [0.15, 0.2) is 0 Å². The number of carbonyl (C=O) groups excluding carboxylic acids is 1. The summed E-state index contributed by atoms with van der Waals surface area (Å²) in [6.07, 6.45) is 4.83. The number of aliphatic carboxylic acids is 1. The number of rotatable bonds is 5. The van der Waals surface area contributed by atoms with Gasteiger partial charge in [0, 0.05) is 6.54 Å². The van der Waals surface area contributed by atoms with Crippen LogP contribution >= 0.6 is 0 Å². The summed E-state index contributed by atoms with van der Waals surface area (Å²) in [5.41, 5.74) is -1.39. The third-order valence-electron chi connectivity index (χ3n) is 4.15. The van der Waals surface area contributed by atoms with Gasteiger partial charge in [-0.05, 0) is 24.7 Å². The highest BCUT2D eigenvalue weighted by molar-refractivity contribution is 5.83. The van der Waals surface area contributed by atoms with Crippen LogP contribution in [-0.4, -0.2) is 34.5 Å². The molecule has 17 heavy (non-hydrogen) atoms. The highest BCUT2D eigenvalue weighted by atomic mass is 16.4. The summed E-state index contributed by atoms with van der Waals surface area (Å²) >= 11 is 0. The Balaban J connectivity index is 3.18. The van der Waals surface area contributed by atoms with Crippen molar-refractivity contribution in [2.75, 3.05) is 6.54 Å². The SMILES string of the molecule is CCCN(C=O)C1(C(=O)O)CCCCC1(C)C. The third kappa shape index (κ3) is 2.17. The molecule has 0 aromatic carbocycles. The van der Waals surface area contributed by atoms with Crippen molar-refractivity contribution in [2.45, 2.75) is 58.4 Å². The molecule has 0 heterocycles. The van der Waals surface area contributed by atoms with E-state index < -0.39 is 11.5 Å². The van der Waals surface area contributed by atoms with Crippen LogP contribution < -0.4 is 0 Å². The minimum atomic E-state index is -1.02. The first-order valence-electron chi connectivity index (χ1n) is 6.38. The van der Waals surface area contributed by atoms with Crippen LogP contribution in [0.15, 0.2) is 0 Å². The number of hydrogen-bond acceptors (Lipinski definition) is 2. The van der Waals surface area contributed by atoms with Gasteiger partial charge < -0.3 is 10.0 Å². The standard InChI is InChI=1S/C13H23NO3/c1-4-9-14(10-15)13(11(16)17)8-6-5-7-12(13,2)3/h10H,4-9H2,1-3H3,(H,16,17). The maximum absolute atomic E-state index is 11.8.